The van der Waals surface area contributed by atoms with Gasteiger partial charge < -0.3 is 9.84 Å². The first-order chi connectivity index (χ1) is 6.36. The van der Waals surface area contributed by atoms with Gasteiger partial charge in [0.05, 0.1) is 12.7 Å². The van der Waals surface area contributed by atoms with Gasteiger partial charge in [0.25, 0.3) is 0 Å². The first kappa shape index (κ1) is 7.39. The van der Waals surface area contributed by atoms with Crippen molar-refractivity contribution in [2.24, 2.45) is 0 Å². The maximum absolute atomic E-state index is 9.79. The van der Waals surface area contributed by atoms with Gasteiger partial charge in [-0.3, -0.25) is 0 Å². The largest absolute Gasteiger partial charge is 0.493 e. The normalized spacial score (nSPS) is 23.9. The lowest BCUT2D eigenvalue weighted by molar-refractivity contribution is 0.179. The lowest BCUT2D eigenvalue weighted by Crippen LogP contribution is -1.95. The molecule has 2 aliphatic rings. The highest BCUT2D eigenvalue weighted by Crippen LogP contribution is 2.40. The fraction of sp³-hybridized carbons (Fsp3) is 0.455. The molecular formula is C11H12O2. The van der Waals surface area contributed by atoms with E-state index in [4.69, 9.17) is 4.74 Å². The molecule has 1 heterocycles. The molecule has 2 nitrogen and oxygen atoms in total. The monoisotopic (exact) mass is 176 g/mol. The Morgan fingerprint density at radius 1 is 1.31 bits per heavy atom. The summed E-state index contributed by atoms with van der Waals surface area (Å²) in [6.07, 6.45) is 2.62. The Balaban J connectivity index is 2.23. The Morgan fingerprint density at radius 2 is 2.23 bits per heavy atom. The average molecular weight is 176 g/mol. The molecule has 1 aliphatic carbocycles. The molecule has 0 bridgehead atoms. The van der Waals surface area contributed by atoms with Crippen LogP contribution >= 0.6 is 0 Å². The number of ether oxygens (including phenoxy) is 1. The van der Waals surface area contributed by atoms with Crippen molar-refractivity contribution in [3.63, 3.8) is 0 Å². The third-order valence-corrected chi connectivity index (χ3v) is 3.03. The Hall–Kier alpha value is -1.02. The number of aliphatic hydroxyl groups excluding tert-OH is 1. The maximum Gasteiger partial charge on any atom is 0.123 e. The minimum absolute atomic E-state index is 0.244. The van der Waals surface area contributed by atoms with E-state index in [1.165, 1.54) is 11.1 Å². The first-order valence-corrected chi connectivity index (χ1v) is 4.82. The van der Waals surface area contributed by atoms with Crippen LogP contribution in [0.2, 0.25) is 0 Å². The molecule has 0 aromatic heterocycles. The molecule has 2 heteroatoms. The van der Waals surface area contributed by atoms with Crippen molar-refractivity contribution < 1.29 is 9.84 Å². The molecule has 1 N–H and O–H groups in total. The number of aliphatic hydroxyl groups is 1. The maximum atomic E-state index is 9.79. The quantitative estimate of drug-likeness (QED) is 0.650. The zero-order chi connectivity index (χ0) is 8.84. The van der Waals surface area contributed by atoms with E-state index in [-0.39, 0.29) is 6.10 Å². The SMILES string of the molecule is OC1CCc2ccc3c(c21)CCO3. The highest BCUT2D eigenvalue weighted by Gasteiger charge is 2.27. The smallest absolute Gasteiger partial charge is 0.123 e. The zero-order valence-electron chi connectivity index (χ0n) is 7.42. The third kappa shape index (κ3) is 0.923. The van der Waals surface area contributed by atoms with Crippen LogP contribution in [0.25, 0.3) is 0 Å². The number of rotatable bonds is 0. The van der Waals surface area contributed by atoms with E-state index in [0.717, 1.165) is 37.2 Å². The molecule has 13 heavy (non-hydrogen) atoms. The summed E-state index contributed by atoms with van der Waals surface area (Å²) in [5.41, 5.74) is 3.73. The summed E-state index contributed by atoms with van der Waals surface area (Å²) < 4.78 is 5.46. The fourth-order valence-electron chi connectivity index (χ4n) is 2.42. The van der Waals surface area contributed by atoms with Gasteiger partial charge in [0.15, 0.2) is 0 Å². The molecular weight excluding hydrogens is 164 g/mol. The van der Waals surface area contributed by atoms with E-state index in [0.29, 0.717) is 0 Å². The summed E-state index contributed by atoms with van der Waals surface area (Å²) in [5.74, 6) is 0.986. The Kier molecular flexibility index (Phi) is 1.41. The van der Waals surface area contributed by atoms with E-state index in [1.807, 2.05) is 6.07 Å². The highest BCUT2D eigenvalue weighted by molar-refractivity contribution is 5.50. The lowest BCUT2D eigenvalue weighted by Gasteiger charge is -2.08. The van der Waals surface area contributed by atoms with Crippen LogP contribution in [0.4, 0.5) is 0 Å². The molecule has 1 aromatic carbocycles. The standard InChI is InChI=1S/C11H12O2/c12-9-3-1-7-2-4-10-8(11(7)9)5-6-13-10/h2,4,9,12H,1,3,5-6H2. The van der Waals surface area contributed by atoms with Crippen molar-refractivity contribution in [3.05, 3.63) is 28.8 Å². The number of hydrogen-bond donors (Lipinski definition) is 1. The summed E-state index contributed by atoms with van der Waals surface area (Å²) in [5, 5.41) is 9.79. The molecule has 0 fully saturated rings. The Morgan fingerprint density at radius 3 is 3.15 bits per heavy atom. The first-order valence-electron chi connectivity index (χ1n) is 4.82. The third-order valence-electron chi connectivity index (χ3n) is 3.03. The molecule has 0 spiro atoms. The van der Waals surface area contributed by atoms with Crippen molar-refractivity contribution in [1.82, 2.24) is 0 Å². The highest BCUT2D eigenvalue weighted by atomic mass is 16.5. The molecule has 0 saturated heterocycles. The van der Waals surface area contributed by atoms with Crippen LogP contribution in [-0.4, -0.2) is 11.7 Å². The van der Waals surface area contributed by atoms with Crippen molar-refractivity contribution in [1.29, 1.82) is 0 Å². The second kappa shape index (κ2) is 2.48. The van der Waals surface area contributed by atoms with Crippen molar-refractivity contribution in [2.45, 2.75) is 25.4 Å². The van der Waals surface area contributed by atoms with Crippen LogP contribution in [0.5, 0.6) is 5.75 Å². The van der Waals surface area contributed by atoms with Crippen LogP contribution in [0.1, 0.15) is 29.2 Å². The van der Waals surface area contributed by atoms with E-state index in [2.05, 4.69) is 6.07 Å². The number of fused-ring (bicyclic) bond motifs is 3. The van der Waals surface area contributed by atoms with Gasteiger partial charge in [0, 0.05) is 12.0 Å². The van der Waals surface area contributed by atoms with E-state index in [1.54, 1.807) is 0 Å². The second-order valence-electron chi connectivity index (χ2n) is 3.77. The molecule has 0 radical (unpaired) electrons. The van der Waals surface area contributed by atoms with Crippen molar-refractivity contribution in [3.8, 4) is 5.75 Å². The molecule has 1 unspecified atom stereocenters. The average Bonchev–Trinajstić information content (AvgIpc) is 2.70. The molecule has 0 saturated carbocycles. The van der Waals surface area contributed by atoms with Gasteiger partial charge >= 0.3 is 0 Å². The lowest BCUT2D eigenvalue weighted by atomic mass is 10.0. The topological polar surface area (TPSA) is 29.5 Å². The van der Waals surface area contributed by atoms with Gasteiger partial charge in [-0.1, -0.05) is 6.07 Å². The second-order valence-corrected chi connectivity index (χ2v) is 3.77. The van der Waals surface area contributed by atoms with E-state index < -0.39 is 0 Å². The van der Waals surface area contributed by atoms with Gasteiger partial charge in [-0.2, -0.15) is 0 Å². The van der Waals surface area contributed by atoms with Gasteiger partial charge in [-0.15, -0.1) is 0 Å². The molecule has 68 valence electrons. The summed E-state index contributed by atoms with van der Waals surface area (Å²) >= 11 is 0. The number of benzene rings is 1. The predicted molar refractivity (Wildman–Crippen MR) is 48.9 cm³/mol. The Labute approximate surface area is 77.2 Å². The fourth-order valence-corrected chi connectivity index (χ4v) is 2.42. The van der Waals surface area contributed by atoms with Crippen LogP contribution in [0, 0.1) is 0 Å². The van der Waals surface area contributed by atoms with Gasteiger partial charge in [0.2, 0.25) is 0 Å². The van der Waals surface area contributed by atoms with Gasteiger partial charge in [-0.05, 0) is 30.0 Å². The summed E-state index contributed by atoms with van der Waals surface area (Å²) in [7, 11) is 0. The van der Waals surface area contributed by atoms with Crippen molar-refractivity contribution in [2.75, 3.05) is 6.61 Å². The van der Waals surface area contributed by atoms with Crippen LogP contribution < -0.4 is 4.74 Å². The molecule has 1 aromatic rings. The van der Waals surface area contributed by atoms with Gasteiger partial charge in [-0.25, -0.2) is 0 Å². The molecule has 3 rings (SSSR count). The Bertz CT molecular complexity index is 357. The number of aryl methyl sites for hydroxylation is 1. The van der Waals surface area contributed by atoms with Crippen molar-refractivity contribution >= 4 is 0 Å². The van der Waals surface area contributed by atoms with Crippen LogP contribution in [0.15, 0.2) is 12.1 Å². The predicted octanol–water partition coefficient (Wildman–Crippen LogP) is 1.60. The van der Waals surface area contributed by atoms with Crippen LogP contribution in [-0.2, 0) is 12.8 Å². The van der Waals surface area contributed by atoms with Gasteiger partial charge in [0.1, 0.15) is 5.75 Å². The zero-order valence-corrected chi connectivity index (χ0v) is 7.42. The van der Waals surface area contributed by atoms with E-state index in [9.17, 15) is 5.11 Å². The molecule has 1 atom stereocenters. The minimum atomic E-state index is -0.244. The number of hydrogen-bond acceptors (Lipinski definition) is 2. The van der Waals surface area contributed by atoms with Crippen LogP contribution in [0.3, 0.4) is 0 Å². The summed E-state index contributed by atoms with van der Waals surface area (Å²) in [6, 6.07) is 4.13. The summed E-state index contributed by atoms with van der Waals surface area (Å²) in [6.45, 7) is 0.776. The molecule has 0 amide bonds. The summed E-state index contributed by atoms with van der Waals surface area (Å²) in [4.78, 5) is 0. The molecule has 1 aliphatic heterocycles. The van der Waals surface area contributed by atoms with E-state index >= 15 is 0 Å². The minimum Gasteiger partial charge on any atom is -0.493 e.